The van der Waals surface area contributed by atoms with E-state index in [0.717, 1.165) is 17.9 Å². The van der Waals surface area contributed by atoms with E-state index in [1.54, 1.807) is 14.2 Å². The summed E-state index contributed by atoms with van der Waals surface area (Å²) in [5.74, 6) is 1.58. The standard InChI is InChI=1S/C14H21BrO2/c1-4-5-6-7-12(15)11-8-9-13(16-2)14(10-11)17-3/h8-10,12H,4-7H2,1-3H3. The number of ether oxygens (including phenoxy) is 2. The summed E-state index contributed by atoms with van der Waals surface area (Å²) in [6.07, 6.45) is 4.95. The van der Waals surface area contributed by atoms with Gasteiger partial charge in [-0.25, -0.2) is 0 Å². The van der Waals surface area contributed by atoms with E-state index in [-0.39, 0.29) is 0 Å². The van der Waals surface area contributed by atoms with Crippen LogP contribution in [-0.2, 0) is 0 Å². The molecule has 0 heterocycles. The molecule has 0 bridgehead atoms. The molecule has 0 radical (unpaired) electrons. The zero-order chi connectivity index (χ0) is 12.7. The van der Waals surface area contributed by atoms with Crippen molar-refractivity contribution in [2.75, 3.05) is 14.2 Å². The third-order valence-corrected chi connectivity index (χ3v) is 3.82. The molecule has 0 saturated heterocycles. The van der Waals surface area contributed by atoms with Crippen LogP contribution in [0.15, 0.2) is 18.2 Å². The summed E-state index contributed by atoms with van der Waals surface area (Å²) in [5.41, 5.74) is 1.25. The zero-order valence-electron chi connectivity index (χ0n) is 10.8. The van der Waals surface area contributed by atoms with Gasteiger partial charge < -0.3 is 9.47 Å². The van der Waals surface area contributed by atoms with Crippen molar-refractivity contribution in [1.82, 2.24) is 0 Å². The molecular formula is C14H21BrO2. The quantitative estimate of drug-likeness (QED) is 0.536. The summed E-state index contributed by atoms with van der Waals surface area (Å²) < 4.78 is 10.5. The number of rotatable bonds is 7. The largest absolute Gasteiger partial charge is 0.493 e. The number of hydrogen-bond acceptors (Lipinski definition) is 2. The van der Waals surface area contributed by atoms with Crippen molar-refractivity contribution in [3.63, 3.8) is 0 Å². The SMILES string of the molecule is CCCCCC(Br)c1ccc(OC)c(OC)c1. The molecule has 2 nitrogen and oxygen atoms in total. The number of halogens is 1. The van der Waals surface area contributed by atoms with Crippen molar-refractivity contribution in [1.29, 1.82) is 0 Å². The first kappa shape index (κ1) is 14.4. The first-order chi connectivity index (χ1) is 8.22. The lowest BCUT2D eigenvalue weighted by Crippen LogP contribution is -1.95. The Kier molecular flexibility index (Phi) is 6.41. The maximum Gasteiger partial charge on any atom is 0.161 e. The first-order valence-electron chi connectivity index (χ1n) is 6.09. The van der Waals surface area contributed by atoms with Gasteiger partial charge in [0.05, 0.1) is 14.2 Å². The minimum atomic E-state index is 0.397. The van der Waals surface area contributed by atoms with Crippen LogP contribution >= 0.6 is 15.9 Å². The summed E-state index contributed by atoms with van der Waals surface area (Å²) in [5, 5.41) is 0. The highest BCUT2D eigenvalue weighted by atomic mass is 79.9. The van der Waals surface area contributed by atoms with Crippen LogP contribution in [0, 0.1) is 0 Å². The zero-order valence-corrected chi connectivity index (χ0v) is 12.4. The van der Waals surface area contributed by atoms with E-state index < -0.39 is 0 Å². The monoisotopic (exact) mass is 300 g/mol. The van der Waals surface area contributed by atoms with Crippen LogP contribution in [0.2, 0.25) is 0 Å². The van der Waals surface area contributed by atoms with Gasteiger partial charge in [0.25, 0.3) is 0 Å². The van der Waals surface area contributed by atoms with E-state index in [2.05, 4.69) is 28.9 Å². The van der Waals surface area contributed by atoms with E-state index >= 15 is 0 Å². The number of benzene rings is 1. The molecule has 1 atom stereocenters. The molecule has 0 aliphatic carbocycles. The average Bonchev–Trinajstić information content (AvgIpc) is 2.38. The Morgan fingerprint density at radius 2 is 1.82 bits per heavy atom. The first-order valence-corrected chi connectivity index (χ1v) is 7.00. The van der Waals surface area contributed by atoms with Crippen LogP contribution in [-0.4, -0.2) is 14.2 Å². The summed E-state index contributed by atoms with van der Waals surface area (Å²) >= 11 is 3.73. The van der Waals surface area contributed by atoms with E-state index in [0.29, 0.717) is 4.83 Å². The molecule has 0 aliphatic heterocycles. The Labute approximate surface area is 112 Å². The summed E-state index contributed by atoms with van der Waals surface area (Å²) in [6.45, 7) is 2.22. The van der Waals surface area contributed by atoms with Gasteiger partial charge in [0, 0.05) is 4.83 Å². The minimum absolute atomic E-state index is 0.397. The van der Waals surface area contributed by atoms with Gasteiger partial charge in [-0.15, -0.1) is 0 Å². The third kappa shape index (κ3) is 4.23. The van der Waals surface area contributed by atoms with Crippen molar-refractivity contribution in [3.05, 3.63) is 23.8 Å². The normalized spacial score (nSPS) is 12.2. The van der Waals surface area contributed by atoms with Gasteiger partial charge in [0.2, 0.25) is 0 Å². The molecule has 0 amide bonds. The van der Waals surface area contributed by atoms with Gasteiger partial charge in [0.1, 0.15) is 0 Å². The molecule has 17 heavy (non-hydrogen) atoms. The van der Waals surface area contributed by atoms with E-state index in [4.69, 9.17) is 9.47 Å². The molecule has 1 rings (SSSR count). The Morgan fingerprint density at radius 1 is 1.12 bits per heavy atom. The van der Waals surface area contributed by atoms with E-state index in [1.807, 2.05) is 12.1 Å². The molecule has 96 valence electrons. The van der Waals surface area contributed by atoms with Crippen LogP contribution in [0.3, 0.4) is 0 Å². The van der Waals surface area contributed by atoms with Crippen LogP contribution in [0.5, 0.6) is 11.5 Å². The molecule has 1 aromatic carbocycles. The fraction of sp³-hybridized carbons (Fsp3) is 0.571. The van der Waals surface area contributed by atoms with Crippen LogP contribution in [0.4, 0.5) is 0 Å². The second-order valence-corrected chi connectivity index (χ2v) is 5.18. The fourth-order valence-corrected chi connectivity index (χ4v) is 2.40. The summed E-state index contributed by atoms with van der Waals surface area (Å²) in [6, 6.07) is 6.10. The number of unbranched alkanes of at least 4 members (excludes halogenated alkanes) is 2. The maximum absolute atomic E-state index is 5.31. The molecule has 0 spiro atoms. The maximum atomic E-state index is 5.31. The van der Waals surface area contributed by atoms with Crippen molar-refractivity contribution in [2.24, 2.45) is 0 Å². The average molecular weight is 301 g/mol. The van der Waals surface area contributed by atoms with E-state index in [1.165, 1.54) is 24.8 Å². The lowest BCUT2D eigenvalue weighted by atomic mass is 10.1. The molecule has 0 N–H and O–H groups in total. The predicted octanol–water partition coefficient (Wildman–Crippen LogP) is 4.72. The second kappa shape index (κ2) is 7.59. The molecule has 1 unspecified atom stereocenters. The number of hydrogen-bond donors (Lipinski definition) is 0. The van der Waals surface area contributed by atoms with Gasteiger partial charge in [-0.05, 0) is 24.1 Å². The lowest BCUT2D eigenvalue weighted by Gasteiger charge is -2.13. The van der Waals surface area contributed by atoms with Crippen LogP contribution in [0.25, 0.3) is 0 Å². The van der Waals surface area contributed by atoms with Crippen LogP contribution < -0.4 is 9.47 Å². The van der Waals surface area contributed by atoms with Crippen molar-refractivity contribution < 1.29 is 9.47 Å². The number of alkyl halides is 1. The van der Waals surface area contributed by atoms with Gasteiger partial charge >= 0.3 is 0 Å². The van der Waals surface area contributed by atoms with Gasteiger partial charge in [-0.2, -0.15) is 0 Å². The highest BCUT2D eigenvalue weighted by Gasteiger charge is 2.11. The Morgan fingerprint density at radius 3 is 2.41 bits per heavy atom. The lowest BCUT2D eigenvalue weighted by molar-refractivity contribution is 0.354. The van der Waals surface area contributed by atoms with Crippen molar-refractivity contribution >= 4 is 15.9 Å². The summed E-state index contributed by atoms with van der Waals surface area (Å²) in [7, 11) is 3.33. The molecule has 0 fully saturated rings. The predicted molar refractivity (Wildman–Crippen MR) is 75.4 cm³/mol. The molecule has 0 aromatic heterocycles. The highest BCUT2D eigenvalue weighted by molar-refractivity contribution is 9.09. The molecule has 1 aromatic rings. The molecule has 0 aliphatic rings. The Bertz CT molecular complexity index is 339. The Hall–Kier alpha value is -0.700. The molecule has 3 heteroatoms. The Balaban J connectivity index is 2.70. The van der Waals surface area contributed by atoms with Gasteiger partial charge in [0.15, 0.2) is 11.5 Å². The fourth-order valence-electron chi connectivity index (χ4n) is 1.79. The van der Waals surface area contributed by atoms with E-state index in [9.17, 15) is 0 Å². The topological polar surface area (TPSA) is 18.5 Å². The summed E-state index contributed by atoms with van der Waals surface area (Å²) in [4.78, 5) is 0.397. The van der Waals surface area contributed by atoms with Gasteiger partial charge in [-0.3, -0.25) is 0 Å². The molecule has 0 saturated carbocycles. The number of methoxy groups -OCH3 is 2. The second-order valence-electron chi connectivity index (χ2n) is 4.08. The van der Waals surface area contributed by atoms with Gasteiger partial charge in [-0.1, -0.05) is 48.2 Å². The highest BCUT2D eigenvalue weighted by Crippen LogP contribution is 2.35. The molecular weight excluding hydrogens is 280 g/mol. The smallest absolute Gasteiger partial charge is 0.161 e. The van der Waals surface area contributed by atoms with Crippen LogP contribution in [0.1, 0.15) is 43.0 Å². The third-order valence-electron chi connectivity index (χ3n) is 2.83. The van der Waals surface area contributed by atoms with Crippen molar-refractivity contribution in [3.8, 4) is 11.5 Å². The minimum Gasteiger partial charge on any atom is -0.493 e. The van der Waals surface area contributed by atoms with Crippen molar-refractivity contribution in [2.45, 2.75) is 37.4 Å².